The average Bonchev–Trinajstić information content (AvgIpc) is 1.94. The second kappa shape index (κ2) is 14.5. The Morgan fingerprint density at radius 2 is 1.36 bits per heavy atom. The molecule has 0 radical (unpaired) electrons. The number of benzene rings is 1. The van der Waals surface area contributed by atoms with Crippen molar-refractivity contribution in [2.75, 3.05) is 5.73 Å². The molecule has 0 amide bonds. The summed E-state index contributed by atoms with van der Waals surface area (Å²) in [5, 5.41) is 0. The molecule has 11 heavy (non-hydrogen) atoms. The van der Waals surface area contributed by atoms with Crippen molar-refractivity contribution in [2.24, 2.45) is 0 Å². The molecule has 0 bridgehead atoms. The van der Waals surface area contributed by atoms with Crippen LogP contribution in [0.1, 0.15) is 0 Å². The second-order valence-electron chi connectivity index (χ2n) is 1.41. The SMILES string of the molecule is Cl.Cl.Nc1ccccc1.[K][I]. The first kappa shape index (κ1) is 18.7. The van der Waals surface area contributed by atoms with E-state index in [0.29, 0.717) is 0 Å². The van der Waals surface area contributed by atoms with E-state index in [0.717, 1.165) is 48.4 Å². The van der Waals surface area contributed by atoms with Gasteiger partial charge in [-0.05, 0) is 12.1 Å². The Morgan fingerprint density at radius 1 is 1.00 bits per heavy atom. The summed E-state index contributed by atoms with van der Waals surface area (Å²) in [6.45, 7) is 0. The summed E-state index contributed by atoms with van der Waals surface area (Å²) in [5.74, 6) is 0. The number of rotatable bonds is 0. The monoisotopic (exact) mass is 331 g/mol. The second-order valence-corrected chi connectivity index (χ2v) is 1.41. The Hall–Kier alpha value is 1.97. The number of para-hydroxylation sites is 1. The number of halogens is 3. The van der Waals surface area contributed by atoms with E-state index in [-0.39, 0.29) is 24.8 Å². The van der Waals surface area contributed by atoms with Crippen LogP contribution in [-0.2, 0) is 0 Å². The fourth-order valence-electron chi connectivity index (χ4n) is 0.453. The molecule has 0 atom stereocenters. The van der Waals surface area contributed by atoms with Gasteiger partial charge in [0.1, 0.15) is 0 Å². The molecule has 1 aromatic carbocycles. The first-order valence-corrected chi connectivity index (χ1v) is 12.7. The van der Waals surface area contributed by atoms with Crippen molar-refractivity contribution >= 4 is 84.5 Å². The van der Waals surface area contributed by atoms with Crippen LogP contribution in [0.4, 0.5) is 5.69 Å². The van der Waals surface area contributed by atoms with Gasteiger partial charge in [0.05, 0.1) is 0 Å². The van der Waals surface area contributed by atoms with Crippen molar-refractivity contribution in [3.05, 3.63) is 30.3 Å². The summed E-state index contributed by atoms with van der Waals surface area (Å²) >= 11 is 3.37. The van der Waals surface area contributed by atoms with E-state index in [4.69, 9.17) is 5.73 Å². The van der Waals surface area contributed by atoms with Gasteiger partial charge in [0.15, 0.2) is 0 Å². The molecule has 0 aliphatic rings. The van der Waals surface area contributed by atoms with Crippen LogP contribution in [-0.4, -0.2) is 42.7 Å². The van der Waals surface area contributed by atoms with E-state index in [1.807, 2.05) is 30.3 Å². The molecule has 0 saturated carbocycles. The Kier molecular flexibility index (Phi) is 24.6. The van der Waals surface area contributed by atoms with E-state index < -0.39 is 0 Å². The van der Waals surface area contributed by atoms with Crippen LogP contribution >= 0.6 is 36.1 Å². The number of nitrogen functional groups attached to an aromatic ring is 1. The molecule has 0 heterocycles. The molecule has 1 nitrogen and oxygen atoms in total. The van der Waals surface area contributed by atoms with Crippen LogP contribution in [0, 0.1) is 0 Å². The van der Waals surface area contributed by atoms with Gasteiger partial charge in [0.2, 0.25) is 0 Å². The molecule has 0 aliphatic heterocycles. The van der Waals surface area contributed by atoms with Crippen molar-refractivity contribution in [1.29, 1.82) is 0 Å². The van der Waals surface area contributed by atoms with Crippen LogP contribution < -0.4 is 5.73 Å². The first-order valence-electron chi connectivity index (χ1n) is 2.58. The van der Waals surface area contributed by atoms with Crippen LogP contribution in [0.15, 0.2) is 30.3 Å². The normalized spacial score (nSPS) is 6.09. The molecular weight excluding hydrogens is 323 g/mol. The molecule has 0 aliphatic carbocycles. The Bertz CT molecular complexity index is 151. The van der Waals surface area contributed by atoms with E-state index in [9.17, 15) is 0 Å². The van der Waals surface area contributed by atoms with Gasteiger partial charge in [-0.1, -0.05) is 18.2 Å². The van der Waals surface area contributed by atoms with Crippen molar-refractivity contribution in [3.63, 3.8) is 0 Å². The van der Waals surface area contributed by atoms with Crippen molar-refractivity contribution < 1.29 is 0 Å². The fraction of sp³-hybridized carbons (Fsp3) is 0. The third kappa shape index (κ3) is 12.0. The Balaban J connectivity index is -0.000000149. The molecule has 1 rings (SSSR count). The number of hydrogen-bond acceptors (Lipinski definition) is 1. The molecule has 0 spiro atoms. The zero-order valence-electron chi connectivity index (χ0n) is 6.16. The summed E-state index contributed by atoms with van der Waals surface area (Å²) in [4.78, 5) is 0. The van der Waals surface area contributed by atoms with E-state index >= 15 is 0 Å². The average molecular weight is 332 g/mol. The van der Waals surface area contributed by atoms with E-state index in [1.165, 1.54) is 0 Å². The molecule has 0 unspecified atom stereocenters. The van der Waals surface area contributed by atoms with Gasteiger partial charge in [-0.3, -0.25) is 0 Å². The zero-order chi connectivity index (χ0) is 7.11. The van der Waals surface area contributed by atoms with Gasteiger partial charge in [-0.25, -0.2) is 0 Å². The van der Waals surface area contributed by atoms with Gasteiger partial charge in [0.25, 0.3) is 0 Å². The molecule has 1 aromatic rings. The van der Waals surface area contributed by atoms with Crippen molar-refractivity contribution in [1.82, 2.24) is 0 Å². The van der Waals surface area contributed by atoms with Crippen LogP contribution in [0.25, 0.3) is 0 Å². The topological polar surface area (TPSA) is 26.0 Å². The number of hydrogen-bond donors (Lipinski definition) is 1. The van der Waals surface area contributed by atoms with E-state index in [2.05, 4.69) is 11.3 Å². The van der Waals surface area contributed by atoms with Gasteiger partial charge < -0.3 is 5.73 Å². The number of anilines is 1. The minimum absolute atomic E-state index is 0. The third-order valence-corrected chi connectivity index (χ3v) is 0.800. The molecule has 60 valence electrons. The predicted octanol–water partition coefficient (Wildman–Crippen LogP) is 2.62. The standard InChI is InChI=1S/C6H7N.2ClH.HI.K/c7-6-4-2-1-3-5-6;;;;/h1-5H,7H2;3*1H;/q;;;;+1/p-1. The van der Waals surface area contributed by atoms with Gasteiger partial charge >= 0.3 is 54.0 Å². The maximum atomic E-state index is 5.36. The van der Waals surface area contributed by atoms with E-state index in [1.54, 1.807) is 0 Å². The Labute approximate surface area is 118 Å². The molecule has 5 heteroatoms. The quantitative estimate of drug-likeness (QED) is 0.441. The zero-order valence-corrected chi connectivity index (χ0v) is 13.1. The summed E-state index contributed by atoms with van der Waals surface area (Å²) in [7, 11) is 0. The summed E-state index contributed by atoms with van der Waals surface area (Å²) in [5.41, 5.74) is 6.18. The fourth-order valence-corrected chi connectivity index (χ4v) is 0.453. The molecule has 0 saturated heterocycles. The van der Waals surface area contributed by atoms with Gasteiger partial charge in [-0.15, -0.1) is 24.8 Å². The predicted molar refractivity (Wildman–Crippen MR) is 65.1 cm³/mol. The summed E-state index contributed by atoms with van der Waals surface area (Å²) in [6.07, 6.45) is 0. The molecular formula is C6H9Cl2IKN. The maximum absolute atomic E-state index is 5.36. The van der Waals surface area contributed by atoms with Gasteiger partial charge in [-0.2, -0.15) is 0 Å². The summed E-state index contributed by atoms with van der Waals surface area (Å²) < 4.78 is 0. The van der Waals surface area contributed by atoms with Crippen molar-refractivity contribution in [3.8, 4) is 0 Å². The Morgan fingerprint density at radius 3 is 1.55 bits per heavy atom. The number of nitrogens with two attached hydrogens (primary N) is 1. The first-order chi connectivity index (χ1) is 4.39. The molecule has 0 fully saturated rings. The molecule has 0 aromatic heterocycles. The summed E-state index contributed by atoms with van der Waals surface area (Å²) in [6, 6.07) is 9.49. The van der Waals surface area contributed by atoms with Crippen LogP contribution in [0.5, 0.6) is 0 Å². The minimum atomic E-state index is 0. The third-order valence-electron chi connectivity index (χ3n) is 0.800. The van der Waals surface area contributed by atoms with Gasteiger partial charge in [0, 0.05) is 5.69 Å². The van der Waals surface area contributed by atoms with Crippen LogP contribution in [0.3, 0.4) is 0 Å². The molecule has 2 N–H and O–H groups in total. The van der Waals surface area contributed by atoms with Crippen molar-refractivity contribution in [2.45, 2.75) is 0 Å². The van der Waals surface area contributed by atoms with Crippen LogP contribution in [0.2, 0.25) is 0 Å².